The van der Waals surface area contributed by atoms with Crippen molar-refractivity contribution in [3.63, 3.8) is 0 Å². The topological polar surface area (TPSA) is 188 Å². The SMILES string of the molecule is COc1c(O)ccc2c1C#CCc1cc(c3c4c1OCN[C@@]1(CC#C[C@H]5NC(N)=N[C@H](C(C)C)CSSC[C@H]5[C@H](C3)[C@@H](O)O4)CCC[C@H](C3(c4cc(O)cc(CCc5ccccc5)c4)CCCCC3)C1)CC[C@@H](O)CC(=O)CC2. The summed E-state index contributed by atoms with van der Waals surface area (Å²) in [5.74, 6) is 17.3. The lowest BCUT2D eigenvalue weighted by atomic mass is 9.56. The monoisotopic (exact) mass is 1110 g/mol. The molecule has 8 atom stereocenters. The lowest BCUT2D eigenvalue weighted by Gasteiger charge is -2.51. The van der Waals surface area contributed by atoms with E-state index in [-0.39, 0.29) is 66.6 Å². The average Bonchev–Trinajstić information content (AvgIpc) is 3.50. The number of guanidine groups is 1. The third-order valence-electron chi connectivity index (χ3n) is 18.1. The number of rotatable bonds is 7. The van der Waals surface area contributed by atoms with E-state index in [0.717, 1.165) is 97.8 Å². The van der Waals surface area contributed by atoms with Crippen molar-refractivity contribution in [1.82, 2.24) is 10.6 Å². The zero-order valence-electron chi connectivity index (χ0n) is 46.3. The van der Waals surface area contributed by atoms with Gasteiger partial charge in [-0.2, -0.15) is 0 Å². The summed E-state index contributed by atoms with van der Waals surface area (Å²) in [5, 5.41) is 53.9. The molecule has 79 heavy (non-hydrogen) atoms. The molecule has 11 rings (SSSR count). The number of fused-ring (bicyclic) bond motifs is 7. The molecule has 1 spiro atoms. The Morgan fingerprint density at radius 3 is 2.47 bits per heavy atom. The number of Topliss-reactive ketones (excluding diaryl/α,β-unsaturated/α-hetero) is 1. The van der Waals surface area contributed by atoms with E-state index in [2.05, 4.69) is 96.7 Å². The minimum Gasteiger partial charge on any atom is -0.508 e. The van der Waals surface area contributed by atoms with E-state index in [9.17, 15) is 25.2 Å². The number of aryl methyl sites for hydroxylation is 4. The van der Waals surface area contributed by atoms with E-state index in [1.807, 2.05) is 6.07 Å². The first-order valence-corrected chi connectivity index (χ1v) is 31.5. The number of nitrogens with zero attached hydrogens (tertiary/aromatic N) is 1. The molecule has 4 heterocycles. The molecule has 4 aromatic carbocycles. The maximum absolute atomic E-state index is 13.4. The first-order valence-electron chi connectivity index (χ1n) is 29.0. The standard InChI is InChI=1S/C65H80N4O8S2/c1-41(2)57-39-79-78-38-55-54-36-53-45-22-25-50(71)35-49(70)24-21-44-23-26-58(73)60(75-3)52(44)17-10-15-46(33-45)59(61(53)77-62(54)74)76-40-67-64(28-12-18-56(55)68-63(66)69-57)27-11-16-47(37-64)65(29-8-5-9-30-65)48-31-43(32-51(72)34-48)20-19-42-13-6-4-7-14-42/h4,6-7,13-14,23,26,31-34,41,47,50,54-57,62,67,71-74H,5,8-9,11,15-16,19-22,24-25,27-30,35-40H2,1-3H3,(H3,66,68,69)/t47-,50+,54-,55-,56+,57-,62-,64+/m0/s1. The summed E-state index contributed by atoms with van der Waals surface area (Å²) in [6, 6.07) is 22.0. The van der Waals surface area contributed by atoms with Gasteiger partial charge in [-0.25, -0.2) is 4.99 Å². The second-order valence-corrected chi connectivity index (χ2v) is 26.1. The molecule has 0 amide bonds. The number of aliphatic hydroxyl groups excluding tert-OH is 2. The van der Waals surface area contributed by atoms with Gasteiger partial charge in [0.1, 0.15) is 18.3 Å². The van der Waals surface area contributed by atoms with Gasteiger partial charge >= 0.3 is 0 Å². The fourth-order valence-electron chi connectivity index (χ4n) is 13.7. The van der Waals surface area contributed by atoms with E-state index in [1.165, 1.54) is 24.7 Å². The largest absolute Gasteiger partial charge is 0.508 e. The zero-order valence-corrected chi connectivity index (χ0v) is 47.9. The van der Waals surface area contributed by atoms with Crippen molar-refractivity contribution in [2.75, 3.05) is 25.3 Å². The molecule has 0 saturated heterocycles. The molecular formula is C65H80N4O8S2. The summed E-state index contributed by atoms with van der Waals surface area (Å²) in [5.41, 5.74) is 13.9. The minimum absolute atomic E-state index is 0.00689. The number of benzene rings is 4. The van der Waals surface area contributed by atoms with Crippen LogP contribution in [0.1, 0.15) is 142 Å². The van der Waals surface area contributed by atoms with Gasteiger partial charge in [0.25, 0.3) is 0 Å². The van der Waals surface area contributed by atoms with E-state index < -0.39 is 29.9 Å². The highest BCUT2D eigenvalue weighted by atomic mass is 33.1. The Balaban J connectivity index is 1.07. The quantitative estimate of drug-likeness (QED) is 0.0685. The van der Waals surface area contributed by atoms with Crippen molar-refractivity contribution in [2.24, 2.45) is 34.4 Å². The number of nitrogens with two attached hydrogens (primary N) is 1. The number of carbonyl (C=O) groups is 1. The molecule has 0 radical (unpaired) electrons. The number of aromatic hydroxyl groups is 2. The first kappa shape index (κ1) is 56.8. The minimum atomic E-state index is -1.23. The number of phenols is 2. The van der Waals surface area contributed by atoms with E-state index in [0.29, 0.717) is 72.5 Å². The van der Waals surface area contributed by atoms with E-state index in [4.69, 9.17) is 24.9 Å². The molecule has 6 bridgehead atoms. The predicted molar refractivity (Wildman–Crippen MR) is 316 cm³/mol. The fourth-order valence-corrected chi connectivity index (χ4v) is 16.6. The van der Waals surface area contributed by atoms with Crippen LogP contribution >= 0.6 is 21.6 Å². The van der Waals surface area contributed by atoms with Crippen molar-refractivity contribution in [1.29, 1.82) is 0 Å². The Morgan fingerprint density at radius 2 is 1.66 bits per heavy atom. The summed E-state index contributed by atoms with van der Waals surface area (Å²) in [4.78, 5) is 18.4. The van der Waals surface area contributed by atoms with Crippen molar-refractivity contribution >= 4 is 33.3 Å². The molecule has 0 unspecified atom stereocenters. The van der Waals surface area contributed by atoms with Gasteiger partial charge in [-0.3, -0.25) is 10.1 Å². The molecule has 7 aliphatic rings. The predicted octanol–water partition coefficient (Wildman–Crippen LogP) is 10.0. The third kappa shape index (κ3) is 13.2. The Kier molecular flexibility index (Phi) is 18.4. The van der Waals surface area contributed by atoms with Gasteiger partial charge in [0.05, 0.1) is 30.9 Å². The highest BCUT2D eigenvalue weighted by Crippen LogP contribution is 2.54. The van der Waals surface area contributed by atoms with Crippen molar-refractivity contribution in [3.8, 4) is 52.4 Å². The fraction of sp³-hybridized carbons (Fsp3) is 0.538. The summed E-state index contributed by atoms with van der Waals surface area (Å²) in [6.07, 6.45) is 11.7. The molecule has 0 aromatic heterocycles. The van der Waals surface area contributed by atoms with Gasteiger partial charge in [0.2, 0.25) is 6.29 Å². The Hall–Kier alpha value is -5.48. The number of nitrogens with one attached hydrogen (secondary N) is 2. The maximum Gasteiger partial charge on any atom is 0.201 e. The summed E-state index contributed by atoms with van der Waals surface area (Å²) in [6.45, 7) is 4.47. The number of carbonyl (C=O) groups excluding carboxylic acids is 1. The van der Waals surface area contributed by atoms with Crippen LogP contribution in [0.5, 0.6) is 28.7 Å². The number of hydrogen-bond donors (Lipinski definition) is 7. The molecule has 2 fully saturated rings. The summed E-state index contributed by atoms with van der Waals surface area (Å²) < 4.78 is 19.6. The van der Waals surface area contributed by atoms with Gasteiger partial charge in [-0.15, -0.1) is 0 Å². The normalized spacial score (nSPS) is 27.4. The van der Waals surface area contributed by atoms with Crippen LogP contribution in [-0.2, 0) is 48.7 Å². The number of aliphatic imine (C=N–C) groups is 1. The summed E-state index contributed by atoms with van der Waals surface area (Å²) >= 11 is 0. The molecule has 8 N–H and O–H groups in total. The number of ether oxygens (including phenoxy) is 3. The first-order chi connectivity index (χ1) is 38.3. The molecule has 12 nitrogen and oxygen atoms in total. The molecule has 4 aromatic rings. The Bertz CT molecular complexity index is 2980. The molecular weight excluding hydrogens is 1030 g/mol. The number of methoxy groups -OCH3 is 1. The molecule has 420 valence electrons. The van der Waals surface area contributed by atoms with E-state index in [1.54, 1.807) is 33.7 Å². The van der Waals surface area contributed by atoms with E-state index >= 15 is 0 Å². The highest BCUT2D eigenvalue weighted by Gasteiger charge is 2.48. The second kappa shape index (κ2) is 25.5. The highest BCUT2D eigenvalue weighted by molar-refractivity contribution is 8.76. The van der Waals surface area contributed by atoms with Gasteiger partial charge < -0.3 is 45.7 Å². The second-order valence-electron chi connectivity index (χ2n) is 23.6. The number of aliphatic hydroxyl groups is 2. The number of hydrogen-bond acceptors (Lipinski definition) is 14. The van der Waals surface area contributed by atoms with Gasteiger partial charge in [0.15, 0.2) is 29.0 Å². The maximum atomic E-state index is 13.4. The molecule has 4 aliphatic heterocycles. The van der Waals surface area contributed by atoms with Crippen LogP contribution in [0.4, 0.5) is 0 Å². The lowest BCUT2D eigenvalue weighted by molar-refractivity contribution is -0.121. The third-order valence-corrected chi connectivity index (χ3v) is 20.6. The van der Waals surface area contributed by atoms with Crippen molar-refractivity contribution in [3.05, 3.63) is 111 Å². The lowest BCUT2D eigenvalue weighted by Crippen LogP contribution is -2.54. The number of ketones is 1. The van der Waals surface area contributed by atoms with Crippen LogP contribution < -0.4 is 30.6 Å². The number of phenolic OH excluding ortho intramolecular Hbond substituents is 2. The molecule has 3 aliphatic carbocycles. The zero-order chi connectivity index (χ0) is 55.1. The van der Waals surface area contributed by atoms with Crippen LogP contribution in [0.2, 0.25) is 0 Å². The van der Waals surface area contributed by atoms with Crippen molar-refractivity contribution < 1.29 is 39.4 Å². The van der Waals surface area contributed by atoms with Gasteiger partial charge in [-0.05, 0) is 134 Å². The smallest absolute Gasteiger partial charge is 0.201 e. The van der Waals surface area contributed by atoms with Crippen LogP contribution in [0, 0.1) is 47.4 Å². The van der Waals surface area contributed by atoms with Crippen LogP contribution in [0.15, 0.2) is 71.7 Å². The van der Waals surface area contributed by atoms with Crippen LogP contribution in [0.3, 0.4) is 0 Å². The molecule has 14 heteroatoms. The van der Waals surface area contributed by atoms with Crippen LogP contribution in [-0.4, -0.2) is 87.5 Å². The van der Waals surface area contributed by atoms with Crippen LogP contribution in [0.25, 0.3) is 0 Å². The molecule has 2 saturated carbocycles. The van der Waals surface area contributed by atoms with Gasteiger partial charge in [0, 0.05) is 65.7 Å². The summed E-state index contributed by atoms with van der Waals surface area (Å²) in [7, 11) is 5.05. The van der Waals surface area contributed by atoms with Gasteiger partial charge in [-0.1, -0.05) is 133 Å². The van der Waals surface area contributed by atoms with Crippen molar-refractivity contribution in [2.45, 2.75) is 171 Å². The average molecular weight is 1110 g/mol. The Morgan fingerprint density at radius 1 is 0.848 bits per heavy atom. The Labute approximate surface area is 475 Å².